The van der Waals surface area contributed by atoms with Crippen LogP contribution < -0.4 is 9.54 Å². The molecule has 3 rings (SSSR count). The van der Waals surface area contributed by atoms with E-state index in [0.29, 0.717) is 33.3 Å². The van der Waals surface area contributed by atoms with Crippen molar-refractivity contribution in [2.45, 2.75) is 26.3 Å². The Morgan fingerprint density at radius 2 is 2.00 bits per heavy atom. The molecule has 1 aromatic heterocycles. The molecule has 0 bridgehead atoms. The molecule has 0 atom stereocenters. The number of carbonyl (C=O) groups is 2. The predicted molar refractivity (Wildman–Crippen MR) is 119 cm³/mol. The monoisotopic (exact) mass is 466 g/mol. The van der Waals surface area contributed by atoms with Gasteiger partial charge in [0.2, 0.25) is 0 Å². The summed E-state index contributed by atoms with van der Waals surface area (Å²) in [4.78, 5) is 29.3. The van der Waals surface area contributed by atoms with Gasteiger partial charge >= 0.3 is 5.97 Å². The second-order valence-corrected chi connectivity index (χ2v) is 8.20. The Kier molecular flexibility index (Phi) is 7.53. The second-order valence-electron chi connectivity index (χ2n) is 6.40. The second kappa shape index (κ2) is 10.1. The van der Waals surface area contributed by atoms with Crippen molar-refractivity contribution < 1.29 is 19.1 Å². The molecule has 2 aromatic carbocycles. The van der Waals surface area contributed by atoms with Gasteiger partial charge in [-0.2, -0.15) is 4.99 Å². The molecule has 30 heavy (non-hydrogen) atoms. The number of carbonyl (C=O) groups excluding carboxylic acids is 2. The molecule has 0 fully saturated rings. The maximum atomic E-state index is 12.8. The third-order valence-corrected chi connectivity index (χ3v) is 6.13. The van der Waals surface area contributed by atoms with Gasteiger partial charge < -0.3 is 14.0 Å². The van der Waals surface area contributed by atoms with Gasteiger partial charge in [-0.1, -0.05) is 53.9 Å². The lowest BCUT2D eigenvalue weighted by Gasteiger charge is -2.07. The van der Waals surface area contributed by atoms with Crippen molar-refractivity contribution >= 4 is 56.6 Å². The Labute approximate surface area is 187 Å². The molecular weight excluding hydrogens is 447 g/mol. The van der Waals surface area contributed by atoms with Crippen LogP contribution in [-0.2, 0) is 16.1 Å². The van der Waals surface area contributed by atoms with Crippen LogP contribution in [0.4, 0.5) is 0 Å². The van der Waals surface area contributed by atoms with Gasteiger partial charge in [0.15, 0.2) is 4.80 Å². The Morgan fingerprint density at radius 1 is 1.20 bits per heavy atom. The normalized spacial score (nSPS) is 11.7. The van der Waals surface area contributed by atoms with Crippen molar-refractivity contribution in [1.82, 2.24) is 4.57 Å². The van der Waals surface area contributed by atoms with Crippen LogP contribution in [0.25, 0.3) is 10.2 Å². The fourth-order valence-electron chi connectivity index (χ4n) is 2.73. The largest absolute Gasteiger partial charge is 0.494 e. The highest BCUT2D eigenvalue weighted by Crippen LogP contribution is 2.32. The van der Waals surface area contributed by atoms with Gasteiger partial charge in [0, 0.05) is 5.56 Å². The molecule has 0 aliphatic heterocycles. The summed E-state index contributed by atoms with van der Waals surface area (Å²) in [6, 6.07) is 10.3. The first-order valence-corrected chi connectivity index (χ1v) is 10.9. The van der Waals surface area contributed by atoms with Gasteiger partial charge in [-0.05, 0) is 36.8 Å². The van der Waals surface area contributed by atoms with E-state index in [1.807, 2.05) is 0 Å². The summed E-state index contributed by atoms with van der Waals surface area (Å²) in [5.74, 6) is -0.340. The first kappa shape index (κ1) is 22.3. The summed E-state index contributed by atoms with van der Waals surface area (Å²) < 4.78 is 12.7. The van der Waals surface area contributed by atoms with Crippen LogP contribution in [-0.4, -0.2) is 30.2 Å². The van der Waals surface area contributed by atoms with Gasteiger partial charge in [0.25, 0.3) is 5.91 Å². The first-order chi connectivity index (χ1) is 14.4. The molecular formula is C21H20Cl2N2O4S. The van der Waals surface area contributed by atoms with Crippen LogP contribution >= 0.6 is 34.5 Å². The maximum Gasteiger partial charge on any atom is 0.325 e. The zero-order valence-electron chi connectivity index (χ0n) is 16.5. The van der Waals surface area contributed by atoms with Crippen molar-refractivity contribution in [2.75, 3.05) is 13.7 Å². The van der Waals surface area contributed by atoms with E-state index in [0.717, 1.165) is 17.5 Å². The standard InChI is InChI=1S/C21H20Cl2N2O4S/c1-3-4-10-29-14-7-5-6-13(11-14)20(27)24-21-25(12-17(26)28-2)19-16(30-21)9-8-15(22)18(19)23/h5-9,11H,3-4,10,12H2,1-2H3. The van der Waals surface area contributed by atoms with E-state index in [4.69, 9.17) is 32.7 Å². The smallest absolute Gasteiger partial charge is 0.325 e. The number of benzene rings is 2. The van der Waals surface area contributed by atoms with Gasteiger partial charge in [0.05, 0.1) is 34.0 Å². The summed E-state index contributed by atoms with van der Waals surface area (Å²) in [7, 11) is 1.29. The molecule has 0 unspecified atom stereocenters. The van der Waals surface area contributed by atoms with Crippen molar-refractivity contribution in [3.63, 3.8) is 0 Å². The lowest BCUT2D eigenvalue weighted by atomic mass is 10.2. The summed E-state index contributed by atoms with van der Waals surface area (Å²) in [6.45, 7) is 2.51. The molecule has 1 amide bonds. The van der Waals surface area contributed by atoms with Crippen LogP contribution in [0.15, 0.2) is 41.4 Å². The van der Waals surface area contributed by atoms with Crippen molar-refractivity contribution in [2.24, 2.45) is 4.99 Å². The minimum absolute atomic E-state index is 0.150. The van der Waals surface area contributed by atoms with Gasteiger partial charge in [-0.25, -0.2) is 0 Å². The Balaban J connectivity index is 2.04. The van der Waals surface area contributed by atoms with Crippen molar-refractivity contribution in [1.29, 1.82) is 0 Å². The summed E-state index contributed by atoms with van der Waals surface area (Å²) in [6.07, 6.45) is 1.95. The molecule has 0 N–H and O–H groups in total. The number of methoxy groups -OCH3 is 1. The van der Waals surface area contributed by atoms with E-state index in [2.05, 4.69) is 11.9 Å². The number of esters is 1. The van der Waals surface area contributed by atoms with Crippen molar-refractivity contribution in [3.05, 3.63) is 56.8 Å². The summed E-state index contributed by atoms with van der Waals surface area (Å²) in [5.41, 5.74) is 0.915. The number of hydrogen-bond donors (Lipinski definition) is 0. The highest BCUT2D eigenvalue weighted by Gasteiger charge is 2.16. The molecule has 0 spiro atoms. The molecule has 158 valence electrons. The number of unbranched alkanes of at least 4 members (excludes halogenated alkanes) is 1. The molecule has 3 aromatic rings. The van der Waals surface area contributed by atoms with Gasteiger partial charge in [-0.3, -0.25) is 9.59 Å². The Hall–Kier alpha value is -2.35. The van der Waals surface area contributed by atoms with Crippen LogP contribution in [0.1, 0.15) is 30.1 Å². The molecule has 0 saturated heterocycles. The van der Waals surface area contributed by atoms with E-state index in [1.54, 1.807) is 41.0 Å². The number of hydrogen-bond acceptors (Lipinski definition) is 5. The third-order valence-electron chi connectivity index (χ3n) is 4.29. The number of rotatable bonds is 7. The average molecular weight is 467 g/mol. The fourth-order valence-corrected chi connectivity index (χ4v) is 4.25. The van der Waals surface area contributed by atoms with Crippen LogP contribution in [0.2, 0.25) is 10.0 Å². The van der Waals surface area contributed by atoms with Crippen LogP contribution in [0.5, 0.6) is 5.75 Å². The molecule has 6 nitrogen and oxygen atoms in total. The topological polar surface area (TPSA) is 69.9 Å². The zero-order valence-corrected chi connectivity index (χ0v) is 18.8. The highest BCUT2D eigenvalue weighted by molar-refractivity contribution is 7.16. The van der Waals surface area contributed by atoms with Crippen LogP contribution in [0, 0.1) is 0 Å². The zero-order chi connectivity index (χ0) is 21.7. The fraction of sp³-hybridized carbons (Fsp3) is 0.286. The summed E-state index contributed by atoms with van der Waals surface area (Å²) >= 11 is 13.7. The lowest BCUT2D eigenvalue weighted by Crippen LogP contribution is -2.22. The summed E-state index contributed by atoms with van der Waals surface area (Å²) in [5, 5.41) is 0.630. The van der Waals surface area contributed by atoms with E-state index in [9.17, 15) is 9.59 Å². The van der Waals surface area contributed by atoms with Gasteiger partial charge in [-0.15, -0.1) is 0 Å². The third kappa shape index (κ3) is 5.03. The Bertz CT molecular complexity index is 1150. The quantitative estimate of drug-likeness (QED) is 0.358. The van der Waals surface area contributed by atoms with E-state index in [1.165, 1.54) is 18.4 Å². The number of halogens is 2. The van der Waals surface area contributed by atoms with Crippen LogP contribution in [0.3, 0.4) is 0 Å². The molecule has 9 heteroatoms. The minimum atomic E-state index is -0.494. The first-order valence-electron chi connectivity index (χ1n) is 9.30. The maximum absolute atomic E-state index is 12.8. The molecule has 0 radical (unpaired) electrons. The van der Waals surface area contributed by atoms with E-state index >= 15 is 0 Å². The predicted octanol–water partition coefficient (Wildman–Crippen LogP) is 5.10. The Morgan fingerprint density at radius 3 is 2.73 bits per heavy atom. The number of amides is 1. The highest BCUT2D eigenvalue weighted by atomic mass is 35.5. The number of nitrogens with zero attached hydrogens (tertiary/aromatic N) is 2. The van der Waals surface area contributed by atoms with Crippen molar-refractivity contribution in [3.8, 4) is 5.75 Å². The number of aromatic nitrogens is 1. The molecule has 0 saturated carbocycles. The molecule has 0 aliphatic carbocycles. The number of ether oxygens (including phenoxy) is 2. The number of fused-ring (bicyclic) bond motifs is 1. The number of thiazole rings is 1. The lowest BCUT2D eigenvalue weighted by molar-refractivity contribution is -0.141. The van der Waals surface area contributed by atoms with E-state index < -0.39 is 11.9 Å². The molecule has 0 aliphatic rings. The minimum Gasteiger partial charge on any atom is -0.494 e. The van der Waals surface area contributed by atoms with Gasteiger partial charge in [0.1, 0.15) is 12.3 Å². The molecule has 1 heterocycles. The SMILES string of the molecule is CCCCOc1cccc(C(=O)N=c2sc3ccc(Cl)c(Cl)c3n2CC(=O)OC)c1. The van der Waals surface area contributed by atoms with E-state index in [-0.39, 0.29) is 11.6 Å². The average Bonchev–Trinajstić information content (AvgIpc) is 3.08.